The van der Waals surface area contributed by atoms with Gasteiger partial charge in [0.05, 0.1) is 12.6 Å². The Labute approximate surface area is 104 Å². The fourth-order valence-electron chi connectivity index (χ4n) is 1.24. The molecule has 1 heterocycles. The summed E-state index contributed by atoms with van der Waals surface area (Å²) in [7, 11) is 3.36. The zero-order valence-electron chi connectivity index (χ0n) is 9.61. The number of carbonyl (C=O) groups is 1. The first-order valence-corrected chi connectivity index (χ1v) is 5.73. The van der Waals surface area contributed by atoms with E-state index < -0.39 is 0 Å². The molecule has 88 valence electrons. The number of hydrogen-bond donors (Lipinski definition) is 0. The predicted molar refractivity (Wildman–Crippen MR) is 65.4 cm³/mol. The fourth-order valence-corrected chi connectivity index (χ4v) is 1.47. The van der Waals surface area contributed by atoms with Crippen LogP contribution >= 0.6 is 15.9 Å². The lowest BCUT2D eigenvalue weighted by Gasteiger charge is -2.23. The van der Waals surface area contributed by atoms with E-state index in [4.69, 9.17) is 4.74 Å². The number of nitrogens with zero attached hydrogens (tertiary/aromatic N) is 2. The molecule has 0 radical (unpaired) electrons. The molecule has 0 bridgehead atoms. The van der Waals surface area contributed by atoms with Crippen LogP contribution in [0.25, 0.3) is 0 Å². The number of pyridine rings is 1. The van der Waals surface area contributed by atoms with Crippen molar-refractivity contribution < 1.29 is 9.53 Å². The van der Waals surface area contributed by atoms with Crippen LogP contribution in [-0.2, 0) is 4.74 Å². The quantitative estimate of drug-likeness (QED) is 0.850. The van der Waals surface area contributed by atoms with Gasteiger partial charge in [-0.05, 0) is 35.0 Å². The Balaban J connectivity index is 2.73. The third kappa shape index (κ3) is 3.28. The third-order valence-corrected chi connectivity index (χ3v) is 2.80. The second-order valence-electron chi connectivity index (χ2n) is 3.58. The van der Waals surface area contributed by atoms with Crippen LogP contribution in [0.5, 0.6) is 0 Å². The maximum atomic E-state index is 12.0. The van der Waals surface area contributed by atoms with Crippen molar-refractivity contribution in [3.05, 3.63) is 28.5 Å². The molecule has 1 aromatic heterocycles. The minimum Gasteiger partial charge on any atom is -0.383 e. The first kappa shape index (κ1) is 13.1. The molecular formula is C11H15BrN2O2. The standard InChI is InChI=1S/C11H15BrN2O2/c1-8(7-16-3)14(2)11(15)10-5-4-9(12)6-13-10/h4-6,8H,7H2,1-3H3. The highest BCUT2D eigenvalue weighted by atomic mass is 79.9. The minimum absolute atomic E-state index is 0.0305. The average molecular weight is 287 g/mol. The highest BCUT2D eigenvalue weighted by molar-refractivity contribution is 9.10. The predicted octanol–water partition coefficient (Wildman–Crippen LogP) is 1.95. The van der Waals surface area contributed by atoms with Gasteiger partial charge in [-0.2, -0.15) is 0 Å². The van der Waals surface area contributed by atoms with Gasteiger partial charge in [0.15, 0.2) is 0 Å². The summed E-state index contributed by atoms with van der Waals surface area (Å²) in [5, 5.41) is 0. The van der Waals surface area contributed by atoms with Gasteiger partial charge < -0.3 is 9.64 Å². The van der Waals surface area contributed by atoms with Crippen LogP contribution in [0.15, 0.2) is 22.8 Å². The Morgan fingerprint density at radius 1 is 1.62 bits per heavy atom. The molecule has 0 aliphatic rings. The summed E-state index contributed by atoms with van der Waals surface area (Å²) in [5.41, 5.74) is 0.439. The number of methoxy groups -OCH3 is 1. The third-order valence-electron chi connectivity index (χ3n) is 2.34. The van der Waals surface area contributed by atoms with Crippen LogP contribution in [0.1, 0.15) is 17.4 Å². The maximum absolute atomic E-state index is 12.0. The molecular weight excluding hydrogens is 272 g/mol. The molecule has 1 aromatic rings. The molecule has 1 amide bonds. The molecule has 0 saturated carbocycles. The first-order valence-electron chi connectivity index (χ1n) is 4.94. The largest absolute Gasteiger partial charge is 0.383 e. The van der Waals surface area contributed by atoms with Crippen molar-refractivity contribution in [3.63, 3.8) is 0 Å². The van der Waals surface area contributed by atoms with Gasteiger partial charge in [-0.1, -0.05) is 0 Å². The average Bonchev–Trinajstić information content (AvgIpc) is 2.28. The van der Waals surface area contributed by atoms with E-state index in [0.717, 1.165) is 4.47 Å². The van der Waals surface area contributed by atoms with Crippen molar-refractivity contribution in [2.24, 2.45) is 0 Å². The Kier molecular flexibility index (Phi) is 4.89. The molecule has 16 heavy (non-hydrogen) atoms. The van der Waals surface area contributed by atoms with E-state index in [9.17, 15) is 4.79 Å². The Morgan fingerprint density at radius 3 is 2.81 bits per heavy atom. The van der Waals surface area contributed by atoms with Gasteiger partial charge in [-0.25, -0.2) is 4.98 Å². The molecule has 1 atom stereocenters. The zero-order valence-corrected chi connectivity index (χ0v) is 11.2. The number of aromatic nitrogens is 1. The first-order chi connectivity index (χ1) is 7.56. The molecule has 0 aliphatic carbocycles. The number of amides is 1. The molecule has 0 saturated heterocycles. The van der Waals surface area contributed by atoms with Gasteiger partial charge in [0, 0.05) is 24.8 Å². The molecule has 0 aromatic carbocycles. The van der Waals surface area contributed by atoms with E-state index in [0.29, 0.717) is 12.3 Å². The normalized spacial score (nSPS) is 12.2. The lowest BCUT2D eigenvalue weighted by atomic mass is 10.2. The number of carbonyl (C=O) groups excluding carboxylic acids is 1. The number of halogens is 1. The van der Waals surface area contributed by atoms with Gasteiger partial charge in [0.1, 0.15) is 5.69 Å². The smallest absolute Gasteiger partial charge is 0.272 e. The number of likely N-dealkylation sites (N-methyl/N-ethyl adjacent to an activating group) is 1. The van der Waals surface area contributed by atoms with Crippen molar-refractivity contribution in [1.82, 2.24) is 9.88 Å². The number of ether oxygens (including phenoxy) is 1. The summed E-state index contributed by atoms with van der Waals surface area (Å²) in [6, 6.07) is 3.53. The van der Waals surface area contributed by atoms with Crippen LogP contribution in [-0.4, -0.2) is 42.6 Å². The maximum Gasteiger partial charge on any atom is 0.272 e. The van der Waals surface area contributed by atoms with Gasteiger partial charge >= 0.3 is 0 Å². The summed E-state index contributed by atoms with van der Waals surface area (Å²) in [4.78, 5) is 17.7. The summed E-state index contributed by atoms with van der Waals surface area (Å²) >= 11 is 3.28. The van der Waals surface area contributed by atoms with Gasteiger partial charge in [-0.15, -0.1) is 0 Å². The lowest BCUT2D eigenvalue weighted by Crippen LogP contribution is -2.38. The van der Waals surface area contributed by atoms with Crippen LogP contribution in [0, 0.1) is 0 Å². The van der Waals surface area contributed by atoms with Crippen molar-refractivity contribution in [2.75, 3.05) is 20.8 Å². The van der Waals surface area contributed by atoms with Crippen LogP contribution < -0.4 is 0 Å². The molecule has 1 rings (SSSR count). The summed E-state index contributed by atoms with van der Waals surface area (Å²) < 4.78 is 5.87. The zero-order chi connectivity index (χ0) is 12.1. The number of hydrogen-bond acceptors (Lipinski definition) is 3. The molecule has 0 spiro atoms. The summed E-state index contributed by atoms with van der Waals surface area (Å²) in [5.74, 6) is -0.1000. The highest BCUT2D eigenvalue weighted by Crippen LogP contribution is 2.10. The molecule has 0 fully saturated rings. The van der Waals surface area contributed by atoms with E-state index in [-0.39, 0.29) is 11.9 Å². The summed E-state index contributed by atoms with van der Waals surface area (Å²) in [6.07, 6.45) is 1.61. The van der Waals surface area contributed by atoms with E-state index in [1.54, 1.807) is 37.4 Å². The van der Waals surface area contributed by atoms with E-state index in [1.807, 2.05) is 6.92 Å². The second-order valence-corrected chi connectivity index (χ2v) is 4.50. The summed E-state index contributed by atoms with van der Waals surface area (Å²) in [6.45, 7) is 2.44. The molecule has 0 N–H and O–H groups in total. The molecule has 1 unspecified atom stereocenters. The minimum atomic E-state index is -0.1000. The van der Waals surface area contributed by atoms with Gasteiger partial charge in [0.2, 0.25) is 0 Å². The highest BCUT2D eigenvalue weighted by Gasteiger charge is 2.18. The van der Waals surface area contributed by atoms with Crippen molar-refractivity contribution in [3.8, 4) is 0 Å². The van der Waals surface area contributed by atoms with Crippen molar-refractivity contribution in [2.45, 2.75) is 13.0 Å². The topological polar surface area (TPSA) is 42.4 Å². The van der Waals surface area contributed by atoms with Crippen molar-refractivity contribution >= 4 is 21.8 Å². The molecule has 4 nitrogen and oxygen atoms in total. The van der Waals surface area contributed by atoms with Crippen LogP contribution in [0.3, 0.4) is 0 Å². The molecule has 5 heteroatoms. The van der Waals surface area contributed by atoms with Crippen molar-refractivity contribution in [1.29, 1.82) is 0 Å². The molecule has 0 aliphatic heterocycles. The Bertz CT molecular complexity index is 354. The van der Waals surface area contributed by atoms with Crippen LogP contribution in [0.4, 0.5) is 0 Å². The van der Waals surface area contributed by atoms with E-state index in [2.05, 4.69) is 20.9 Å². The Morgan fingerprint density at radius 2 is 2.31 bits per heavy atom. The fraction of sp³-hybridized carbons (Fsp3) is 0.455. The Hall–Kier alpha value is -0.940. The van der Waals surface area contributed by atoms with Crippen LogP contribution in [0.2, 0.25) is 0 Å². The van der Waals surface area contributed by atoms with E-state index >= 15 is 0 Å². The monoisotopic (exact) mass is 286 g/mol. The van der Waals surface area contributed by atoms with Gasteiger partial charge in [0.25, 0.3) is 5.91 Å². The lowest BCUT2D eigenvalue weighted by molar-refractivity contribution is 0.0628. The van der Waals surface area contributed by atoms with E-state index in [1.165, 1.54) is 0 Å². The van der Waals surface area contributed by atoms with Gasteiger partial charge in [-0.3, -0.25) is 4.79 Å². The second kappa shape index (κ2) is 5.96. The number of rotatable bonds is 4. The SMILES string of the molecule is COCC(C)N(C)C(=O)c1ccc(Br)cn1.